The Morgan fingerprint density at radius 1 is 0.527 bits per heavy atom. The van der Waals surface area contributed by atoms with Crippen LogP contribution in [0.2, 0.25) is 0 Å². The fourth-order valence-electron chi connectivity index (χ4n) is 6.26. The predicted molar refractivity (Wildman–Crippen MR) is 226 cm³/mol. The second kappa shape index (κ2) is 19.4. The van der Waals surface area contributed by atoms with Gasteiger partial charge in [-0.15, -0.1) is 0 Å². The zero-order chi connectivity index (χ0) is 41.2. The van der Waals surface area contributed by atoms with Gasteiger partial charge in [-0.1, -0.05) is 138 Å². The molecular weight excluding hydrogens is 709 g/mol. The Morgan fingerprint density at radius 3 is 1.29 bits per heavy atom. The van der Waals surface area contributed by atoms with Gasteiger partial charge < -0.3 is 19.3 Å². The Balaban J connectivity index is 1.46. The zero-order valence-corrected chi connectivity index (χ0v) is 36.4. The SMILES string of the molecule is CC(C)(C)c1cc(CCC(=O)OCCSCCOC(=O)CCc2cc(C(C)(C)C)c(OC(=O)CCc3ccccc3)c(C(C)(C)C)c2)cc(C(C)(C)C)c1O. The van der Waals surface area contributed by atoms with E-state index in [1.165, 1.54) is 0 Å². The third kappa shape index (κ3) is 14.7. The van der Waals surface area contributed by atoms with E-state index in [0.717, 1.165) is 38.9 Å². The lowest BCUT2D eigenvalue weighted by atomic mass is 9.78. The van der Waals surface area contributed by atoms with Crippen molar-refractivity contribution in [3.8, 4) is 11.5 Å². The highest BCUT2D eigenvalue weighted by Crippen LogP contribution is 2.42. The number of carbonyl (C=O) groups is 3. The number of aryl methyl sites for hydroxylation is 3. The van der Waals surface area contributed by atoms with Gasteiger partial charge in [0.2, 0.25) is 0 Å². The molecule has 0 unspecified atom stereocenters. The Kier molecular flexibility index (Phi) is 16.1. The number of esters is 3. The van der Waals surface area contributed by atoms with E-state index in [9.17, 15) is 19.5 Å². The number of hydrogen-bond donors (Lipinski definition) is 1. The molecule has 0 aliphatic carbocycles. The minimum atomic E-state index is -0.295. The molecule has 3 rings (SSSR count). The fraction of sp³-hybridized carbons (Fsp3) is 0.553. The quantitative estimate of drug-likeness (QED) is 0.0873. The molecule has 1 N–H and O–H groups in total. The third-order valence-electron chi connectivity index (χ3n) is 9.44. The number of hydrogen-bond acceptors (Lipinski definition) is 8. The molecule has 0 spiro atoms. The maximum Gasteiger partial charge on any atom is 0.311 e. The van der Waals surface area contributed by atoms with E-state index in [0.29, 0.717) is 42.3 Å². The summed E-state index contributed by atoms with van der Waals surface area (Å²) in [5, 5.41) is 11.0. The fourth-order valence-corrected chi connectivity index (χ4v) is 6.87. The van der Waals surface area contributed by atoms with Crippen LogP contribution in [0.3, 0.4) is 0 Å². The van der Waals surface area contributed by atoms with Gasteiger partial charge in [-0.25, -0.2) is 0 Å². The van der Waals surface area contributed by atoms with Gasteiger partial charge in [-0.3, -0.25) is 14.4 Å². The van der Waals surface area contributed by atoms with Gasteiger partial charge in [0.15, 0.2) is 0 Å². The molecule has 3 aromatic rings. The van der Waals surface area contributed by atoms with Gasteiger partial charge in [0, 0.05) is 41.9 Å². The van der Waals surface area contributed by atoms with E-state index in [4.69, 9.17) is 14.2 Å². The van der Waals surface area contributed by atoms with Crippen LogP contribution in [0, 0.1) is 0 Å². The maximum atomic E-state index is 13.1. The highest BCUT2D eigenvalue weighted by molar-refractivity contribution is 7.99. The van der Waals surface area contributed by atoms with Crippen molar-refractivity contribution in [1.29, 1.82) is 0 Å². The van der Waals surface area contributed by atoms with E-state index in [1.807, 2.05) is 42.5 Å². The molecule has 8 heteroatoms. The Morgan fingerprint density at radius 2 is 0.891 bits per heavy atom. The summed E-state index contributed by atoms with van der Waals surface area (Å²) >= 11 is 1.57. The average Bonchev–Trinajstić information content (AvgIpc) is 3.07. The lowest BCUT2D eigenvalue weighted by molar-refractivity contribution is -0.143. The Hall–Kier alpha value is -3.78. The van der Waals surface area contributed by atoms with Crippen molar-refractivity contribution in [2.24, 2.45) is 0 Å². The molecule has 0 fully saturated rings. The van der Waals surface area contributed by atoms with Crippen molar-refractivity contribution >= 4 is 29.7 Å². The van der Waals surface area contributed by atoms with Crippen LogP contribution in [0.4, 0.5) is 0 Å². The molecule has 0 amide bonds. The van der Waals surface area contributed by atoms with Crippen LogP contribution < -0.4 is 4.74 Å². The monoisotopic (exact) mass is 774 g/mol. The lowest BCUT2D eigenvalue weighted by Crippen LogP contribution is -2.23. The van der Waals surface area contributed by atoms with Crippen LogP contribution in [0.5, 0.6) is 11.5 Å². The first-order valence-corrected chi connectivity index (χ1v) is 20.8. The van der Waals surface area contributed by atoms with Gasteiger partial charge in [0.25, 0.3) is 0 Å². The summed E-state index contributed by atoms with van der Waals surface area (Å²) in [6, 6.07) is 18.1. The summed E-state index contributed by atoms with van der Waals surface area (Å²) < 4.78 is 17.1. The summed E-state index contributed by atoms with van der Waals surface area (Å²) in [5.74, 6) is 1.38. The van der Waals surface area contributed by atoms with E-state index < -0.39 is 0 Å². The second-order valence-corrected chi connectivity index (χ2v) is 19.8. The van der Waals surface area contributed by atoms with Gasteiger partial charge in [0.1, 0.15) is 24.7 Å². The summed E-state index contributed by atoms with van der Waals surface area (Å²) in [5.41, 5.74) is 5.71. The first-order valence-electron chi connectivity index (χ1n) is 19.6. The van der Waals surface area contributed by atoms with Gasteiger partial charge in [-0.2, -0.15) is 11.8 Å². The van der Waals surface area contributed by atoms with Crippen molar-refractivity contribution in [2.75, 3.05) is 24.7 Å². The number of rotatable bonds is 16. The number of phenolic OH excluding ortho intramolecular Hbond substituents is 1. The Bertz CT molecular complexity index is 1680. The predicted octanol–water partition coefficient (Wildman–Crippen LogP) is 10.5. The van der Waals surface area contributed by atoms with E-state index in [1.54, 1.807) is 11.8 Å². The van der Waals surface area contributed by atoms with Crippen LogP contribution >= 0.6 is 11.8 Å². The molecular formula is C47H66O7S. The highest BCUT2D eigenvalue weighted by atomic mass is 32.2. The number of phenols is 1. The number of carbonyl (C=O) groups excluding carboxylic acids is 3. The Labute approximate surface area is 335 Å². The van der Waals surface area contributed by atoms with Crippen LogP contribution in [0.1, 0.15) is 141 Å². The van der Waals surface area contributed by atoms with Crippen LogP contribution in [-0.2, 0) is 64.8 Å². The lowest BCUT2D eigenvalue weighted by Gasteiger charge is -2.30. The third-order valence-corrected chi connectivity index (χ3v) is 10.4. The number of benzene rings is 3. The smallest absolute Gasteiger partial charge is 0.311 e. The normalized spacial score (nSPS) is 12.4. The maximum absolute atomic E-state index is 13.1. The standard InChI is InChI=1S/C47H66O7S/c1-44(2,3)35-28-33(29-36(42(35)51)45(4,5)6)19-21-39(48)52-24-26-55-27-25-53-40(49)22-20-34-30-37(46(7,8)9)43(38(31-34)47(10,11)12)54-41(50)23-18-32-16-14-13-15-17-32/h13-17,28-31,51H,18-27H2,1-12H3. The molecule has 0 atom stereocenters. The molecule has 0 bridgehead atoms. The largest absolute Gasteiger partial charge is 0.507 e. The molecule has 0 saturated heterocycles. The summed E-state index contributed by atoms with van der Waals surface area (Å²) in [7, 11) is 0. The van der Waals surface area contributed by atoms with Crippen molar-refractivity contribution in [2.45, 2.75) is 143 Å². The summed E-state index contributed by atoms with van der Waals surface area (Å²) in [4.78, 5) is 38.4. The second-order valence-electron chi connectivity index (χ2n) is 18.6. The van der Waals surface area contributed by atoms with Crippen LogP contribution in [-0.4, -0.2) is 47.7 Å². The first kappa shape index (κ1) is 45.6. The van der Waals surface area contributed by atoms with Gasteiger partial charge in [0.05, 0.1) is 0 Å². The van der Waals surface area contributed by atoms with Gasteiger partial charge in [-0.05, 0) is 68.7 Å². The molecule has 0 aliphatic heterocycles. The molecule has 0 saturated carbocycles. The minimum Gasteiger partial charge on any atom is -0.507 e. The van der Waals surface area contributed by atoms with E-state index >= 15 is 0 Å². The molecule has 0 heterocycles. The highest BCUT2D eigenvalue weighted by Gasteiger charge is 2.30. The zero-order valence-electron chi connectivity index (χ0n) is 35.6. The summed E-state index contributed by atoms with van der Waals surface area (Å²) in [6.45, 7) is 25.7. The molecule has 7 nitrogen and oxygen atoms in total. The number of thioether (sulfide) groups is 1. The molecule has 0 radical (unpaired) electrons. The van der Waals surface area contributed by atoms with E-state index in [2.05, 4.69) is 95.2 Å². The van der Waals surface area contributed by atoms with Gasteiger partial charge >= 0.3 is 17.9 Å². The van der Waals surface area contributed by atoms with Crippen molar-refractivity contribution in [1.82, 2.24) is 0 Å². The molecule has 0 aliphatic rings. The molecule has 0 aromatic heterocycles. The topological polar surface area (TPSA) is 99.1 Å². The van der Waals surface area contributed by atoms with Crippen LogP contribution in [0.15, 0.2) is 54.6 Å². The van der Waals surface area contributed by atoms with Crippen molar-refractivity contribution in [3.63, 3.8) is 0 Å². The van der Waals surface area contributed by atoms with Crippen LogP contribution in [0.25, 0.3) is 0 Å². The van der Waals surface area contributed by atoms with Crippen molar-refractivity contribution < 1.29 is 33.7 Å². The number of ether oxygens (including phenoxy) is 3. The first-order chi connectivity index (χ1) is 25.5. The summed E-state index contributed by atoms with van der Waals surface area (Å²) in [6.07, 6.45) is 2.44. The molecule has 55 heavy (non-hydrogen) atoms. The minimum absolute atomic E-state index is 0.229. The molecule has 302 valence electrons. The molecule has 3 aromatic carbocycles. The van der Waals surface area contributed by atoms with Crippen molar-refractivity contribution in [3.05, 3.63) is 93.5 Å². The number of aromatic hydroxyl groups is 1. The average molecular weight is 775 g/mol. The van der Waals surface area contributed by atoms with E-state index in [-0.39, 0.29) is 72.0 Å².